The van der Waals surface area contributed by atoms with Gasteiger partial charge in [-0.25, -0.2) is 4.98 Å². The van der Waals surface area contributed by atoms with Gasteiger partial charge in [-0.3, -0.25) is 9.59 Å². The molecule has 1 aromatic heterocycles. The predicted octanol–water partition coefficient (Wildman–Crippen LogP) is 3.52. The van der Waals surface area contributed by atoms with Gasteiger partial charge >= 0.3 is 0 Å². The Morgan fingerprint density at radius 2 is 1.91 bits per heavy atom. The number of ether oxygens (including phenoxy) is 1. The lowest BCUT2D eigenvalue weighted by Crippen LogP contribution is -2.39. The maximum absolute atomic E-state index is 12.8. The number of H-pyrrole nitrogens is 1. The number of methoxy groups -OCH3 is 1. The quantitative estimate of drug-likeness (QED) is 0.596. The van der Waals surface area contributed by atoms with E-state index >= 15 is 0 Å². The van der Waals surface area contributed by atoms with E-state index in [9.17, 15) is 9.59 Å². The van der Waals surface area contributed by atoms with Crippen molar-refractivity contribution >= 4 is 11.8 Å². The molecule has 0 radical (unpaired) electrons. The minimum atomic E-state index is -0.554. The number of nitrogens with two attached hydrogens (primary N) is 1. The van der Waals surface area contributed by atoms with Crippen LogP contribution in [-0.2, 0) is 11.2 Å². The number of aromatic nitrogens is 2. The third-order valence-corrected chi connectivity index (χ3v) is 5.96. The molecule has 0 spiro atoms. The fraction of sp³-hybridized carbons (Fsp3) is 0.320. The van der Waals surface area contributed by atoms with Crippen LogP contribution in [0.2, 0.25) is 0 Å². The summed E-state index contributed by atoms with van der Waals surface area (Å²) in [5, 5.41) is 0. The van der Waals surface area contributed by atoms with Crippen LogP contribution in [0.25, 0.3) is 11.3 Å². The fourth-order valence-electron chi connectivity index (χ4n) is 4.20. The summed E-state index contributed by atoms with van der Waals surface area (Å²) in [6, 6.07) is 17.4. The molecule has 32 heavy (non-hydrogen) atoms. The first-order chi connectivity index (χ1) is 15.5. The number of piperidine rings is 1. The summed E-state index contributed by atoms with van der Waals surface area (Å²) < 4.78 is 5.21. The van der Waals surface area contributed by atoms with E-state index < -0.39 is 5.91 Å². The highest BCUT2D eigenvalue weighted by atomic mass is 16.5. The second kappa shape index (κ2) is 9.68. The third kappa shape index (κ3) is 4.82. The van der Waals surface area contributed by atoms with Crippen molar-refractivity contribution in [1.82, 2.24) is 14.9 Å². The standard InChI is InChI=1S/C25H28N4O3/c1-32-20-12-10-18(11-13-20)22-23(24(26)31)28-25(27-22)19-8-5-15-29(16-19)21(30)14-9-17-6-3-2-4-7-17/h2-4,6-7,10-13,19H,5,8-9,14-16H2,1H3,(H2,26,31)(H,27,28)/t19-/m0/s1. The Bertz CT molecular complexity index is 1080. The van der Waals surface area contributed by atoms with Gasteiger partial charge in [0.25, 0.3) is 5.91 Å². The van der Waals surface area contributed by atoms with Gasteiger partial charge < -0.3 is 20.4 Å². The summed E-state index contributed by atoms with van der Waals surface area (Å²) in [7, 11) is 1.60. The molecular weight excluding hydrogens is 404 g/mol. The number of benzene rings is 2. The first-order valence-corrected chi connectivity index (χ1v) is 10.9. The van der Waals surface area contributed by atoms with Crippen molar-refractivity contribution in [3.05, 3.63) is 71.7 Å². The zero-order valence-corrected chi connectivity index (χ0v) is 18.2. The molecule has 4 rings (SSSR count). The number of aromatic amines is 1. The summed E-state index contributed by atoms with van der Waals surface area (Å²) in [5.74, 6) is 1.05. The van der Waals surface area contributed by atoms with Crippen LogP contribution < -0.4 is 10.5 Å². The fourth-order valence-corrected chi connectivity index (χ4v) is 4.20. The van der Waals surface area contributed by atoms with Gasteiger partial charge in [0.1, 0.15) is 23.0 Å². The molecule has 3 aromatic rings. The molecule has 2 amide bonds. The number of imidazole rings is 1. The monoisotopic (exact) mass is 432 g/mol. The molecular formula is C25H28N4O3. The molecule has 0 aliphatic carbocycles. The Morgan fingerprint density at radius 1 is 1.16 bits per heavy atom. The molecule has 2 aromatic carbocycles. The number of nitrogens with zero attached hydrogens (tertiary/aromatic N) is 2. The van der Waals surface area contributed by atoms with Crippen LogP contribution in [0.15, 0.2) is 54.6 Å². The Hall–Kier alpha value is -3.61. The van der Waals surface area contributed by atoms with Crippen molar-refractivity contribution in [2.75, 3.05) is 20.2 Å². The summed E-state index contributed by atoms with van der Waals surface area (Å²) in [6.45, 7) is 1.33. The SMILES string of the molecule is COc1ccc(-c2nc([C@H]3CCCN(C(=O)CCc4ccccc4)C3)[nH]c2C(N)=O)cc1. The van der Waals surface area contributed by atoms with E-state index in [1.807, 2.05) is 59.5 Å². The minimum Gasteiger partial charge on any atom is -0.497 e. The molecule has 1 aliphatic rings. The molecule has 0 saturated carbocycles. The Balaban J connectivity index is 1.49. The Labute approximate surface area is 187 Å². The lowest BCUT2D eigenvalue weighted by atomic mass is 9.96. The third-order valence-electron chi connectivity index (χ3n) is 5.96. The number of nitrogens with one attached hydrogen (secondary N) is 1. The molecule has 1 aliphatic heterocycles. The average Bonchev–Trinajstić information content (AvgIpc) is 3.29. The second-order valence-electron chi connectivity index (χ2n) is 8.10. The van der Waals surface area contributed by atoms with E-state index in [1.165, 1.54) is 0 Å². The van der Waals surface area contributed by atoms with E-state index in [4.69, 9.17) is 15.5 Å². The number of likely N-dealkylation sites (tertiary alicyclic amines) is 1. The number of carbonyl (C=O) groups excluding carboxylic acids is 2. The normalized spacial score (nSPS) is 16.0. The number of primary amides is 1. The van der Waals surface area contributed by atoms with Gasteiger partial charge in [0.2, 0.25) is 5.91 Å². The van der Waals surface area contributed by atoms with E-state index in [1.54, 1.807) is 7.11 Å². The van der Waals surface area contributed by atoms with Crippen molar-refractivity contribution in [2.45, 2.75) is 31.6 Å². The number of hydrogen-bond donors (Lipinski definition) is 2. The van der Waals surface area contributed by atoms with Gasteiger partial charge in [0, 0.05) is 31.0 Å². The highest BCUT2D eigenvalue weighted by Gasteiger charge is 2.28. The number of amides is 2. The topological polar surface area (TPSA) is 101 Å². The highest BCUT2D eigenvalue weighted by molar-refractivity contribution is 5.97. The van der Waals surface area contributed by atoms with Crippen LogP contribution in [-0.4, -0.2) is 46.9 Å². The van der Waals surface area contributed by atoms with Gasteiger partial charge in [-0.2, -0.15) is 0 Å². The lowest BCUT2D eigenvalue weighted by Gasteiger charge is -2.32. The van der Waals surface area contributed by atoms with Gasteiger partial charge in [-0.1, -0.05) is 30.3 Å². The minimum absolute atomic E-state index is 0.0366. The molecule has 3 N–H and O–H groups in total. The Kier molecular flexibility index (Phi) is 6.54. The molecule has 1 saturated heterocycles. The molecule has 166 valence electrons. The van der Waals surface area contributed by atoms with E-state index in [0.717, 1.165) is 42.7 Å². The second-order valence-corrected chi connectivity index (χ2v) is 8.10. The molecule has 1 fully saturated rings. The number of carbonyl (C=O) groups is 2. The largest absolute Gasteiger partial charge is 0.497 e. The van der Waals surface area contributed by atoms with Gasteiger partial charge in [-0.05, 0) is 49.1 Å². The number of hydrogen-bond acceptors (Lipinski definition) is 4. The van der Waals surface area contributed by atoms with Crippen LogP contribution >= 0.6 is 0 Å². The first kappa shape index (κ1) is 21.6. The molecule has 1 atom stereocenters. The van der Waals surface area contributed by atoms with Crippen LogP contribution in [0.5, 0.6) is 5.75 Å². The van der Waals surface area contributed by atoms with E-state index in [-0.39, 0.29) is 17.5 Å². The lowest BCUT2D eigenvalue weighted by molar-refractivity contribution is -0.132. The first-order valence-electron chi connectivity index (χ1n) is 10.9. The van der Waals surface area contributed by atoms with Crippen molar-refractivity contribution in [2.24, 2.45) is 5.73 Å². The molecule has 0 bridgehead atoms. The molecule has 7 heteroatoms. The van der Waals surface area contributed by atoms with Gasteiger partial charge in [0.05, 0.1) is 7.11 Å². The average molecular weight is 433 g/mol. The number of rotatable bonds is 7. The predicted molar refractivity (Wildman–Crippen MR) is 122 cm³/mol. The summed E-state index contributed by atoms with van der Waals surface area (Å²) in [4.78, 5) is 34.7. The smallest absolute Gasteiger partial charge is 0.267 e. The summed E-state index contributed by atoms with van der Waals surface area (Å²) in [5.41, 5.74) is 8.39. The highest BCUT2D eigenvalue weighted by Crippen LogP contribution is 2.30. The van der Waals surface area contributed by atoms with E-state index in [2.05, 4.69) is 4.98 Å². The zero-order valence-electron chi connectivity index (χ0n) is 18.2. The van der Waals surface area contributed by atoms with Crippen molar-refractivity contribution < 1.29 is 14.3 Å². The van der Waals surface area contributed by atoms with Crippen molar-refractivity contribution in [1.29, 1.82) is 0 Å². The van der Waals surface area contributed by atoms with Crippen LogP contribution in [0.4, 0.5) is 0 Å². The molecule has 7 nitrogen and oxygen atoms in total. The maximum atomic E-state index is 12.8. The molecule has 2 heterocycles. The van der Waals surface area contributed by atoms with Crippen molar-refractivity contribution in [3.63, 3.8) is 0 Å². The van der Waals surface area contributed by atoms with Gasteiger partial charge in [0.15, 0.2) is 0 Å². The zero-order chi connectivity index (χ0) is 22.5. The van der Waals surface area contributed by atoms with Crippen LogP contribution in [0, 0.1) is 0 Å². The van der Waals surface area contributed by atoms with Crippen LogP contribution in [0.3, 0.4) is 0 Å². The summed E-state index contributed by atoms with van der Waals surface area (Å²) in [6.07, 6.45) is 3.01. The Morgan fingerprint density at radius 3 is 2.59 bits per heavy atom. The van der Waals surface area contributed by atoms with Gasteiger partial charge in [-0.15, -0.1) is 0 Å². The maximum Gasteiger partial charge on any atom is 0.267 e. The van der Waals surface area contributed by atoms with Crippen LogP contribution in [0.1, 0.15) is 47.1 Å². The van der Waals surface area contributed by atoms with Crippen molar-refractivity contribution in [3.8, 4) is 17.0 Å². The number of aryl methyl sites for hydroxylation is 1. The molecule has 0 unspecified atom stereocenters. The van der Waals surface area contributed by atoms with E-state index in [0.29, 0.717) is 24.5 Å². The summed E-state index contributed by atoms with van der Waals surface area (Å²) >= 11 is 0.